The molecule has 8 heteroatoms. The Morgan fingerprint density at radius 2 is 1.93 bits per heavy atom. The standard InChI is InChI=1S/C20H21ClN4O2S/c1-4-18(22-16-11-9-15(21)10-12-16)28-13-14-7-5-6-8-17(14)25-19(27-3)23-24(2)20(25)26/h5-12H,4,13H2,1-3H3. The second-order valence-corrected chi connectivity index (χ2v) is 7.47. The van der Waals surface area contributed by atoms with Crippen LogP contribution in [0, 0.1) is 0 Å². The fourth-order valence-electron chi connectivity index (χ4n) is 2.67. The van der Waals surface area contributed by atoms with E-state index in [1.807, 2.05) is 48.5 Å². The van der Waals surface area contributed by atoms with Crippen LogP contribution in [-0.4, -0.2) is 26.5 Å². The Labute approximate surface area is 172 Å². The maximum absolute atomic E-state index is 12.5. The van der Waals surface area contributed by atoms with E-state index < -0.39 is 0 Å². The molecular weight excluding hydrogens is 396 g/mol. The van der Waals surface area contributed by atoms with Crippen LogP contribution in [0.1, 0.15) is 18.9 Å². The molecule has 0 atom stereocenters. The van der Waals surface area contributed by atoms with Gasteiger partial charge in [-0.05, 0) is 42.3 Å². The molecule has 1 aromatic heterocycles. The van der Waals surface area contributed by atoms with E-state index in [0.717, 1.165) is 28.4 Å². The molecule has 0 fully saturated rings. The second kappa shape index (κ2) is 9.12. The predicted octanol–water partition coefficient (Wildman–Crippen LogP) is 4.61. The van der Waals surface area contributed by atoms with Gasteiger partial charge in [-0.3, -0.25) is 0 Å². The normalized spacial score (nSPS) is 11.6. The van der Waals surface area contributed by atoms with E-state index >= 15 is 0 Å². The van der Waals surface area contributed by atoms with Crippen molar-refractivity contribution in [2.45, 2.75) is 19.1 Å². The Morgan fingerprint density at radius 1 is 1.21 bits per heavy atom. The minimum Gasteiger partial charge on any atom is -0.467 e. The van der Waals surface area contributed by atoms with Crippen molar-refractivity contribution < 1.29 is 4.74 Å². The molecule has 6 nitrogen and oxygen atoms in total. The molecule has 0 unspecified atom stereocenters. The fraction of sp³-hybridized carbons (Fsp3) is 0.250. The van der Waals surface area contributed by atoms with Crippen molar-refractivity contribution in [2.75, 3.05) is 7.11 Å². The van der Waals surface area contributed by atoms with E-state index in [4.69, 9.17) is 21.3 Å². The summed E-state index contributed by atoms with van der Waals surface area (Å²) in [6, 6.07) is 15.4. The average Bonchev–Trinajstić information content (AvgIpc) is 3.00. The van der Waals surface area contributed by atoms with Crippen molar-refractivity contribution in [1.29, 1.82) is 0 Å². The van der Waals surface area contributed by atoms with Gasteiger partial charge in [0.2, 0.25) is 0 Å². The van der Waals surface area contributed by atoms with E-state index in [-0.39, 0.29) is 11.7 Å². The molecule has 0 saturated heterocycles. The van der Waals surface area contributed by atoms with Gasteiger partial charge in [0.15, 0.2) is 0 Å². The van der Waals surface area contributed by atoms with Crippen LogP contribution in [0.5, 0.6) is 6.01 Å². The lowest BCUT2D eigenvalue weighted by molar-refractivity contribution is 0.368. The third-order valence-corrected chi connectivity index (χ3v) is 5.51. The van der Waals surface area contributed by atoms with Crippen molar-refractivity contribution in [1.82, 2.24) is 14.3 Å². The van der Waals surface area contributed by atoms with Crippen molar-refractivity contribution in [3.63, 3.8) is 0 Å². The van der Waals surface area contributed by atoms with Crippen LogP contribution in [0.3, 0.4) is 0 Å². The van der Waals surface area contributed by atoms with Crippen LogP contribution >= 0.6 is 23.4 Å². The molecule has 3 rings (SSSR count). The largest absolute Gasteiger partial charge is 0.467 e. The number of hydrogen-bond donors (Lipinski definition) is 0. The van der Waals surface area contributed by atoms with Crippen molar-refractivity contribution in [2.24, 2.45) is 12.0 Å². The lowest BCUT2D eigenvalue weighted by atomic mass is 10.2. The molecule has 0 bridgehead atoms. The molecule has 0 amide bonds. The maximum Gasteiger partial charge on any atom is 0.353 e. The highest BCUT2D eigenvalue weighted by molar-refractivity contribution is 8.13. The molecule has 146 valence electrons. The number of halogens is 1. The van der Waals surface area contributed by atoms with Gasteiger partial charge in [0, 0.05) is 17.8 Å². The zero-order valence-corrected chi connectivity index (χ0v) is 17.5. The molecule has 0 N–H and O–H groups in total. The van der Waals surface area contributed by atoms with Gasteiger partial charge in [-0.15, -0.1) is 16.9 Å². The Bertz CT molecular complexity index is 1040. The molecule has 0 spiro atoms. The summed E-state index contributed by atoms with van der Waals surface area (Å²) in [4.78, 5) is 17.2. The van der Waals surface area contributed by atoms with Gasteiger partial charge in [0.1, 0.15) is 0 Å². The average molecular weight is 417 g/mol. The maximum atomic E-state index is 12.5. The number of methoxy groups -OCH3 is 1. The fourth-order valence-corrected chi connectivity index (χ4v) is 3.73. The van der Waals surface area contributed by atoms with Crippen LogP contribution < -0.4 is 10.4 Å². The number of hydrogen-bond acceptors (Lipinski definition) is 5. The lowest BCUT2D eigenvalue weighted by Crippen LogP contribution is -2.22. The first-order valence-electron chi connectivity index (χ1n) is 8.77. The van der Waals surface area contributed by atoms with Gasteiger partial charge in [-0.25, -0.2) is 19.0 Å². The zero-order chi connectivity index (χ0) is 20.1. The third kappa shape index (κ3) is 4.48. The molecule has 0 saturated carbocycles. The van der Waals surface area contributed by atoms with Gasteiger partial charge in [0.25, 0.3) is 0 Å². The number of para-hydroxylation sites is 1. The quantitative estimate of drug-likeness (QED) is 0.435. The number of thioether (sulfide) groups is 1. The lowest BCUT2D eigenvalue weighted by Gasteiger charge is -2.11. The van der Waals surface area contributed by atoms with Crippen molar-refractivity contribution in [3.8, 4) is 11.7 Å². The number of aliphatic imine (C=N–C) groups is 1. The summed E-state index contributed by atoms with van der Waals surface area (Å²) in [5.41, 5.74) is 2.37. The molecule has 0 aliphatic rings. The van der Waals surface area contributed by atoms with Gasteiger partial charge in [-0.1, -0.05) is 36.7 Å². The smallest absolute Gasteiger partial charge is 0.353 e. The zero-order valence-electron chi connectivity index (χ0n) is 15.9. The first-order chi connectivity index (χ1) is 13.5. The number of rotatable bonds is 6. The SMILES string of the molecule is CCC(=Nc1ccc(Cl)cc1)SCc1ccccc1-n1c(OC)nn(C)c1=O. The summed E-state index contributed by atoms with van der Waals surface area (Å²) in [6.45, 7) is 2.07. The number of ether oxygens (including phenoxy) is 1. The highest BCUT2D eigenvalue weighted by Gasteiger charge is 2.16. The Kier molecular flexibility index (Phi) is 6.59. The van der Waals surface area contributed by atoms with Gasteiger partial charge in [0.05, 0.1) is 23.5 Å². The highest BCUT2D eigenvalue weighted by Crippen LogP contribution is 2.25. The molecular formula is C20H21ClN4O2S. The summed E-state index contributed by atoms with van der Waals surface area (Å²) in [5, 5.41) is 5.82. The van der Waals surface area contributed by atoms with Crippen LogP contribution in [0.15, 0.2) is 58.3 Å². The summed E-state index contributed by atoms with van der Waals surface area (Å²) >= 11 is 7.58. The van der Waals surface area contributed by atoms with Crippen LogP contribution in [-0.2, 0) is 12.8 Å². The molecule has 28 heavy (non-hydrogen) atoms. The Balaban J connectivity index is 1.88. The second-order valence-electron chi connectivity index (χ2n) is 5.98. The highest BCUT2D eigenvalue weighted by atomic mass is 35.5. The molecule has 0 aliphatic carbocycles. The van der Waals surface area contributed by atoms with Gasteiger partial charge in [-0.2, -0.15) is 0 Å². The van der Waals surface area contributed by atoms with Crippen LogP contribution in [0.4, 0.5) is 5.69 Å². The molecule has 2 aromatic carbocycles. The minimum atomic E-state index is -0.250. The van der Waals surface area contributed by atoms with Gasteiger partial charge < -0.3 is 4.74 Å². The van der Waals surface area contributed by atoms with Crippen LogP contribution in [0.25, 0.3) is 5.69 Å². The Hall–Kier alpha value is -2.51. The number of nitrogens with zero attached hydrogens (tertiary/aromatic N) is 4. The number of benzene rings is 2. The first kappa shape index (κ1) is 20.2. The summed E-state index contributed by atoms with van der Waals surface area (Å²) in [5.74, 6) is 0.668. The number of aromatic nitrogens is 3. The number of aryl methyl sites for hydroxylation is 1. The van der Waals surface area contributed by atoms with Crippen molar-refractivity contribution in [3.05, 3.63) is 69.6 Å². The molecule has 3 aromatic rings. The van der Waals surface area contributed by atoms with E-state index in [2.05, 4.69) is 12.0 Å². The third-order valence-electron chi connectivity index (χ3n) is 4.09. The minimum absolute atomic E-state index is 0.250. The molecule has 0 radical (unpaired) electrons. The van der Waals surface area contributed by atoms with E-state index in [1.54, 1.807) is 18.8 Å². The predicted molar refractivity (Wildman–Crippen MR) is 115 cm³/mol. The molecule has 1 heterocycles. The first-order valence-corrected chi connectivity index (χ1v) is 10.1. The van der Waals surface area contributed by atoms with Gasteiger partial charge >= 0.3 is 11.7 Å². The topological polar surface area (TPSA) is 61.4 Å². The van der Waals surface area contributed by atoms with E-state index in [9.17, 15) is 4.79 Å². The summed E-state index contributed by atoms with van der Waals surface area (Å²) < 4.78 is 8.03. The Morgan fingerprint density at radius 3 is 2.61 bits per heavy atom. The summed E-state index contributed by atoms with van der Waals surface area (Å²) in [6.07, 6.45) is 0.811. The van der Waals surface area contributed by atoms with Crippen molar-refractivity contribution >= 4 is 34.1 Å². The monoisotopic (exact) mass is 416 g/mol. The molecule has 0 aliphatic heterocycles. The summed E-state index contributed by atoms with van der Waals surface area (Å²) in [7, 11) is 3.11. The van der Waals surface area contributed by atoms with Crippen LogP contribution in [0.2, 0.25) is 5.02 Å². The van der Waals surface area contributed by atoms with E-state index in [0.29, 0.717) is 10.8 Å². The van der Waals surface area contributed by atoms with E-state index in [1.165, 1.54) is 16.4 Å².